The van der Waals surface area contributed by atoms with E-state index >= 15 is 0 Å². The van der Waals surface area contributed by atoms with Crippen molar-refractivity contribution in [3.05, 3.63) is 53.6 Å². The number of rotatable bonds is 5. The Labute approximate surface area is 187 Å². The highest BCUT2D eigenvalue weighted by atomic mass is 79.9. The topological polar surface area (TPSA) is 44.9 Å². The zero-order chi connectivity index (χ0) is 19.7. The fourth-order valence-corrected chi connectivity index (χ4v) is 5.13. The van der Waals surface area contributed by atoms with Gasteiger partial charge in [0, 0.05) is 11.3 Å². The zero-order valence-electron chi connectivity index (χ0n) is 17.0. The number of benzene rings is 2. The van der Waals surface area contributed by atoms with Crippen LogP contribution in [0.2, 0.25) is 0 Å². The number of hydrogen-bond donors (Lipinski definition) is 1. The third-order valence-electron chi connectivity index (χ3n) is 5.55. The number of methoxy groups -OCH3 is 2. The van der Waals surface area contributed by atoms with Crippen LogP contribution in [0.3, 0.4) is 0 Å². The van der Waals surface area contributed by atoms with Crippen LogP contribution in [0, 0.1) is 0 Å². The smallest absolute Gasteiger partial charge is 0.316 e. The Morgan fingerprint density at radius 2 is 1.83 bits per heavy atom. The Kier molecular flexibility index (Phi) is 6.81. The second-order valence-electron chi connectivity index (χ2n) is 7.13. The van der Waals surface area contributed by atoms with E-state index in [9.17, 15) is 5.11 Å². The Morgan fingerprint density at radius 3 is 2.48 bits per heavy atom. The van der Waals surface area contributed by atoms with Crippen LogP contribution in [-0.4, -0.2) is 47.9 Å². The second kappa shape index (κ2) is 8.98. The monoisotopic (exact) mass is 478 g/mol. The maximum absolute atomic E-state index is 11.8. The normalized spacial score (nSPS) is 20.9. The van der Waals surface area contributed by atoms with E-state index in [1.807, 2.05) is 30.0 Å². The lowest BCUT2D eigenvalue weighted by Gasteiger charge is -2.25. The molecule has 2 aromatic rings. The lowest BCUT2D eigenvalue weighted by molar-refractivity contribution is -0.656. The van der Waals surface area contributed by atoms with Gasteiger partial charge in [-0.3, -0.25) is 0 Å². The average molecular weight is 479 g/mol. The quantitative estimate of drug-likeness (QED) is 0.631. The van der Waals surface area contributed by atoms with E-state index in [4.69, 9.17) is 9.47 Å². The minimum atomic E-state index is -1.11. The predicted molar refractivity (Wildman–Crippen MR) is 114 cm³/mol. The molecule has 5 nitrogen and oxygen atoms in total. The van der Waals surface area contributed by atoms with Gasteiger partial charge in [0.2, 0.25) is 0 Å². The van der Waals surface area contributed by atoms with Gasteiger partial charge in [-0.15, -0.1) is 0 Å². The minimum absolute atomic E-state index is 0. The van der Waals surface area contributed by atoms with E-state index in [0.29, 0.717) is 18.0 Å². The number of halogens is 1. The lowest BCUT2D eigenvalue weighted by Crippen LogP contribution is -3.00. The van der Waals surface area contributed by atoms with Crippen molar-refractivity contribution in [1.29, 1.82) is 0 Å². The molecule has 0 amide bonds. The maximum Gasteiger partial charge on any atom is 0.316 e. The Morgan fingerprint density at radius 1 is 1.10 bits per heavy atom. The summed E-state index contributed by atoms with van der Waals surface area (Å²) in [7, 11) is 3.24. The number of hydrogen-bond acceptors (Lipinski definition) is 5. The molecule has 2 aliphatic rings. The predicted octanol–water partition coefficient (Wildman–Crippen LogP) is 0.441. The fourth-order valence-electron chi connectivity index (χ4n) is 3.95. The second-order valence-corrected chi connectivity index (χ2v) is 8.19. The molecule has 0 fully saturated rings. The fraction of sp³-hybridized carbons (Fsp3) is 0.409. The molecule has 0 aliphatic carbocycles. The molecule has 7 heteroatoms. The van der Waals surface area contributed by atoms with Crippen molar-refractivity contribution in [2.45, 2.75) is 25.5 Å². The van der Waals surface area contributed by atoms with Crippen molar-refractivity contribution in [3.8, 4) is 11.5 Å². The standard InChI is InChI=1S/C22H27N2O3S.BrH/c1-4-16-6-9-18(10-7-16)23-15-22(25,24-12-5-13-28-21(23)24)17-8-11-19(26-2)20(14-17)27-3;/h6-11,14,25H,4-5,12-13,15H2,1-3H3;1H/q+1;/p-1. The van der Waals surface area contributed by atoms with Crippen LogP contribution in [0.25, 0.3) is 0 Å². The third-order valence-corrected chi connectivity index (χ3v) is 6.74. The number of ether oxygens (including phenoxy) is 2. The van der Waals surface area contributed by atoms with E-state index in [1.54, 1.807) is 14.2 Å². The number of anilines is 1. The van der Waals surface area contributed by atoms with E-state index < -0.39 is 5.72 Å². The Hall–Kier alpha value is -1.70. The molecule has 0 spiro atoms. The number of amidine groups is 1. The SMILES string of the molecule is CCc1ccc(N2CC(O)(c3ccc(OC)c(OC)c3)[N+]3=C2SCCC3)cc1.[Br-]. The molecule has 2 aromatic carbocycles. The van der Waals surface area contributed by atoms with Gasteiger partial charge in [0.25, 0.3) is 5.72 Å². The van der Waals surface area contributed by atoms with Gasteiger partial charge < -0.3 is 31.6 Å². The van der Waals surface area contributed by atoms with E-state index in [0.717, 1.165) is 41.6 Å². The van der Waals surface area contributed by atoms with Crippen LogP contribution >= 0.6 is 11.8 Å². The molecule has 0 bridgehead atoms. The van der Waals surface area contributed by atoms with Crippen molar-refractivity contribution < 1.29 is 36.1 Å². The summed E-state index contributed by atoms with van der Waals surface area (Å²) in [5.74, 6) is 2.36. The van der Waals surface area contributed by atoms with Crippen molar-refractivity contribution in [3.63, 3.8) is 0 Å². The van der Waals surface area contributed by atoms with Crippen LogP contribution in [0.1, 0.15) is 24.5 Å². The van der Waals surface area contributed by atoms with Crippen LogP contribution < -0.4 is 31.4 Å². The van der Waals surface area contributed by atoms with Crippen molar-refractivity contribution >= 4 is 22.6 Å². The van der Waals surface area contributed by atoms with Gasteiger partial charge in [-0.2, -0.15) is 0 Å². The van der Waals surface area contributed by atoms with Crippen LogP contribution in [0.5, 0.6) is 11.5 Å². The highest BCUT2D eigenvalue weighted by molar-refractivity contribution is 8.13. The summed E-state index contributed by atoms with van der Waals surface area (Å²) in [6, 6.07) is 14.3. The van der Waals surface area contributed by atoms with Gasteiger partial charge in [-0.05, 0) is 60.5 Å². The van der Waals surface area contributed by atoms with Crippen LogP contribution in [0.4, 0.5) is 5.69 Å². The summed E-state index contributed by atoms with van der Waals surface area (Å²) in [5.41, 5.74) is 2.14. The van der Waals surface area contributed by atoms with Gasteiger partial charge in [-0.25, -0.2) is 9.48 Å². The molecule has 0 saturated carbocycles. The summed E-state index contributed by atoms with van der Waals surface area (Å²) in [4.78, 5) is 2.24. The molecule has 29 heavy (non-hydrogen) atoms. The summed E-state index contributed by atoms with van der Waals surface area (Å²) in [5, 5.41) is 12.9. The first kappa shape index (κ1) is 22.0. The summed E-state index contributed by atoms with van der Waals surface area (Å²) < 4.78 is 13.0. The van der Waals surface area contributed by atoms with E-state index in [1.165, 1.54) is 5.56 Å². The molecule has 0 radical (unpaired) electrons. The minimum Gasteiger partial charge on any atom is -1.00 e. The molecule has 1 unspecified atom stereocenters. The molecule has 0 saturated heterocycles. The van der Waals surface area contributed by atoms with Crippen molar-refractivity contribution in [2.75, 3.05) is 38.0 Å². The summed E-state index contributed by atoms with van der Waals surface area (Å²) >= 11 is 1.81. The molecule has 2 heterocycles. The molecular formula is C22H27BrN2O3S. The Balaban J connectivity index is 0.00000240. The van der Waals surface area contributed by atoms with E-state index in [-0.39, 0.29) is 17.0 Å². The first-order chi connectivity index (χ1) is 13.6. The number of thioether (sulfide) groups is 1. The number of aliphatic hydroxyl groups is 1. The van der Waals surface area contributed by atoms with Crippen molar-refractivity contribution in [1.82, 2.24) is 0 Å². The Bertz CT molecular complexity index is 903. The van der Waals surface area contributed by atoms with E-state index in [2.05, 4.69) is 40.7 Å². The first-order valence-corrected chi connectivity index (χ1v) is 10.7. The van der Waals surface area contributed by atoms with Gasteiger partial charge in [-0.1, -0.05) is 19.1 Å². The van der Waals surface area contributed by atoms with Gasteiger partial charge in [0.1, 0.15) is 5.69 Å². The molecule has 1 atom stereocenters. The lowest BCUT2D eigenvalue weighted by atomic mass is 10.0. The van der Waals surface area contributed by atoms with Crippen LogP contribution in [0.15, 0.2) is 42.5 Å². The molecule has 2 aliphatic heterocycles. The first-order valence-electron chi connectivity index (χ1n) is 9.69. The van der Waals surface area contributed by atoms with Crippen molar-refractivity contribution in [2.24, 2.45) is 0 Å². The molecule has 1 N–H and O–H groups in total. The number of nitrogens with zero attached hydrogens (tertiary/aromatic N) is 2. The highest BCUT2D eigenvalue weighted by Gasteiger charge is 2.53. The molecular weight excluding hydrogens is 452 g/mol. The average Bonchev–Trinajstić information content (AvgIpc) is 3.07. The third kappa shape index (κ3) is 3.88. The van der Waals surface area contributed by atoms with Gasteiger partial charge in [0.05, 0.1) is 20.8 Å². The van der Waals surface area contributed by atoms with Gasteiger partial charge in [0.15, 0.2) is 18.0 Å². The number of aryl methyl sites for hydroxylation is 1. The molecule has 156 valence electrons. The summed E-state index contributed by atoms with van der Waals surface area (Å²) in [6.45, 7) is 3.47. The van der Waals surface area contributed by atoms with Gasteiger partial charge >= 0.3 is 5.17 Å². The molecule has 4 rings (SSSR count). The highest BCUT2D eigenvalue weighted by Crippen LogP contribution is 2.40. The summed E-state index contributed by atoms with van der Waals surface area (Å²) in [6.07, 6.45) is 2.07. The van der Waals surface area contributed by atoms with Crippen LogP contribution in [-0.2, 0) is 12.1 Å². The molecule has 0 aromatic heterocycles. The zero-order valence-corrected chi connectivity index (χ0v) is 19.4. The largest absolute Gasteiger partial charge is 1.00 e. The maximum atomic E-state index is 11.8. The number of β-amino-alcohol motifs (C(OH)–C–C–N with tert-alkyl or cyclic N) is 1.